The third kappa shape index (κ3) is 4.92. The highest BCUT2D eigenvalue weighted by Gasteiger charge is 2.45. The lowest BCUT2D eigenvalue weighted by atomic mass is 9.76. The molecule has 0 bridgehead atoms. The summed E-state index contributed by atoms with van der Waals surface area (Å²) in [6, 6.07) is 0. The second-order valence-electron chi connectivity index (χ2n) is 7.82. The molecule has 0 heterocycles. The molecule has 2 aliphatic rings. The number of hydrogen-bond acceptors (Lipinski definition) is 3. The van der Waals surface area contributed by atoms with E-state index in [1.807, 2.05) is 0 Å². The fraction of sp³-hybridized carbons (Fsp3) is 0.947. The Morgan fingerprint density at radius 2 is 1.12 bits per heavy atom. The first-order chi connectivity index (χ1) is 11.5. The van der Waals surface area contributed by atoms with Gasteiger partial charge in [0.1, 0.15) is 11.2 Å². The van der Waals surface area contributed by atoms with Gasteiger partial charge in [-0.05, 0) is 51.4 Å². The third-order valence-corrected chi connectivity index (χ3v) is 8.87. The molecule has 2 fully saturated rings. The number of halogens is 2. The zero-order valence-electron chi connectivity index (χ0n) is 15.1. The van der Waals surface area contributed by atoms with Crippen molar-refractivity contribution in [3.05, 3.63) is 0 Å². The van der Waals surface area contributed by atoms with E-state index in [1.54, 1.807) is 0 Å². The van der Waals surface area contributed by atoms with Crippen LogP contribution in [0, 0.1) is 11.8 Å². The predicted molar refractivity (Wildman–Crippen MR) is 115 cm³/mol. The molecule has 2 unspecified atom stereocenters. The Kier molecular flexibility index (Phi) is 8.42. The molecule has 140 valence electrons. The summed E-state index contributed by atoms with van der Waals surface area (Å²) in [7, 11) is 0. The zero-order chi connectivity index (χ0) is 17.6. The molecule has 2 rings (SSSR count). The van der Waals surface area contributed by atoms with E-state index in [-0.39, 0.29) is 11.2 Å². The molecule has 0 aromatic rings. The Bertz CT molecular complexity index is 365. The van der Waals surface area contributed by atoms with E-state index in [2.05, 4.69) is 59.0 Å². The minimum Gasteiger partial charge on any atom is -0.427 e. The van der Waals surface area contributed by atoms with Crippen molar-refractivity contribution in [1.82, 2.24) is 0 Å². The normalized spacial score (nSPS) is 25.5. The first-order valence-corrected chi connectivity index (χ1v) is 12.6. The van der Waals surface area contributed by atoms with Gasteiger partial charge < -0.3 is 9.47 Å². The van der Waals surface area contributed by atoms with E-state index >= 15 is 0 Å². The number of carbonyl (C=O) groups is 1. The van der Waals surface area contributed by atoms with Crippen molar-refractivity contribution in [2.45, 2.75) is 89.3 Å². The maximum Gasteiger partial charge on any atom is 0.509 e. The van der Waals surface area contributed by atoms with Gasteiger partial charge in [-0.25, -0.2) is 4.79 Å². The highest BCUT2D eigenvalue weighted by atomic mass is 127. The second-order valence-corrected chi connectivity index (χ2v) is 9.58. The van der Waals surface area contributed by atoms with E-state index < -0.39 is 6.16 Å². The highest BCUT2D eigenvalue weighted by Crippen LogP contribution is 2.42. The number of alkyl halides is 2. The van der Waals surface area contributed by atoms with Crippen LogP contribution in [0.3, 0.4) is 0 Å². The van der Waals surface area contributed by atoms with Crippen LogP contribution < -0.4 is 0 Å². The topological polar surface area (TPSA) is 35.5 Å². The summed E-state index contributed by atoms with van der Waals surface area (Å²) in [4.78, 5) is 12.8. The smallest absolute Gasteiger partial charge is 0.427 e. The Labute approximate surface area is 174 Å². The molecule has 0 radical (unpaired) electrons. The molecule has 2 atom stereocenters. The van der Waals surface area contributed by atoms with E-state index in [0.717, 1.165) is 60.2 Å². The van der Waals surface area contributed by atoms with Gasteiger partial charge in [-0.2, -0.15) is 0 Å². The summed E-state index contributed by atoms with van der Waals surface area (Å²) in [6.45, 7) is 4.43. The summed E-state index contributed by atoms with van der Waals surface area (Å²) >= 11 is 4.83. The molecule has 0 aromatic heterocycles. The summed E-state index contributed by atoms with van der Waals surface area (Å²) in [6.07, 6.45) is 10.7. The van der Waals surface area contributed by atoms with Crippen LogP contribution in [0.1, 0.15) is 78.1 Å². The number of ether oxygens (including phenoxy) is 2. The van der Waals surface area contributed by atoms with Crippen LogP contribution in [0.25, 0.3) is 0 Å². The van der Waals surface area contributed by atoms with Gasteiger partial charge in [0, 0.05) is 20.7 Å². The molecule has 0 aromatic carbocycles. The van der Waals surface area contributed by atoms with Gasteiger partial charge in [-0.1, -0.05) is 71.9 Å². The standard InChI is InChI=1S/C19H32I2O3/c1-15(13-20)18(9-5-3-6-10-18)23-17(22)24-19(16(2)14-21)11-7-4-8-12-19/h15-16H,3-14H2,1-2H3. The Morgan fingerprint density at radius 3 is 1.42 bits per heavy atom. The van der Waals surface area contributed by atoms with Crippen molar-refractivity contribution in [2.75, 3.05) is 8.86 Å². The van der Waals surface area contributed by atoms with Gasteiger partial charge in [0.05, 0.1) is 0 Å². The highest BCUT2D eigenvalue weighted by molar-refractivity contribution is 14.1. The lowest BCUT2D eigenvalue weighted by Gasteiger charge is -2.44. The van der Waals surface area contributed by atoms with Gasteiger partial charge in [-0.15, -0.1) is 0 Å². The lowest BCUT2D eigenvalue weighted by molar-refractivity contribution is -0.128. The Morgan fingerprint density at radius 1 is 0.792 bits per heavy atom. The molecule has 5 heteroatoms. The first-order valence-electron chi connectivity index (χ1n) is 9.52. The van der Waals surface area contributed by atoms with Gasteiger partial charge in [-0.3, -0.25) is 0 Å². The fourth-order valence-corrected chi connectivity index (χ4v) is 5.93. The van der Waals surface area contributed by atoms with Gasteiger partial charge in [0.15, 0.2) is 0 Å². The third-order valence-electron chi connectivity index (χ3n) is 6.23. The average Bonchev–Trinajstić information content (AvgIpc) is 2.61. The fourth-order valence-electron chi connectivity index (χ4n) is 4.33. The molecular formula is C19H32I2O3. The van der Waals surface area contributed by atoms with E-state index in [0.29, 0.717) is 11.8 Å². The predicted octanol–water partition coefficient (Wildman–Crippen LogP) is 6.69. The van der Waals surface area contributed by atoms with Crippen LogP contribution in [-0.4, -0.2) is 26.2 Å². The average molecular weight is 562 g/mol. The van der Waals surface area contributed by atoms with Crippen molar-refractivity contribution in [3.63, 3.8) is 0 Å². The van der Waals surface area contributed by atoms with Crippen LogP contribution in [0.4, 0.5) is 4.79 Å². The molecule has 0 saturated heterocycles. The van der Waals surface area contributed by atoms with E-state index in [9.17, 15) is 4.79 Å². The largest absolute Gasteiger partial charge is 0.509 e. The van der Waals surface area contributed by atoms with Crippen molar-refractivity contribution in [2.24, 2.45) is 11.8 Å². The quantitative estimate of drug-likeness (QED) is 0.206. The van der Waals surface area contributed by atoms with Crippen LogP contribution in [0.5, 0.6) is 0 Å². The van der Waals surface area contributed by atoms with Crippen molar-refractivity contribution in [3.8, 4) is 0 Å². The molecule has 2 saturated carbocycles. The minimum atomic E-state index is -0.410. The Hall–Kier alpha value is 0.730. The monoisotopic (exact) mass is 562 g/mol. The first kappa shape index (κ1) is 21.0. The van der Waals surface area contributed by atoms with Crippen LogP contribution in [0.15, 0.2) is 0 Å². The summed E-state index contributed by atoms with van der Waals surface area (Å²) in [5.41, 5.74) is -0.611. The number of hydrogen-bond donors (Lipinski definition) is 0. The minimum absolute atomic E-state index is 0.306. The van der Waals surface area contributed by atoms with Crippen LogP contribution >= 0.6 is 45.2 Å². The van der Waals surface area contributed by atoms with Crippen molar-refractivity contribution in [1.29, 1.82) is 0 Å². The van der Waals surface area contributed by atoms with Gasteiger partial charge in [0.25, 0.3) is 0 Å². The molecule has 0 N–H and O–H groups in total. The van der Waals surface area contributed by atoms with Gasteiger partial charge >= 0.3 is 6.16 Å². The summed E-state index contributed by atoms with van der Waals surface area (Å²) in [5, 5.41) is 0. The number of carbonyl (C=O) groups excluding carboxylic acids is 1. The lowest BCUT2D eigenvalue weighted by Crippen LogP contribution is -2.48. The zero-order valence-corrected chi connectivity index (χ0v) is 19.4. The second kappa shape index (κ2) is 9.60. The maximum absolute atomic E-state index is 12.8. The van der Waals surface area contributed by atoms with Gasteiger partial charge in [0.2, 0.25) is 0 Å². The molecule has 0 amide bonds. The molecule has 0 aliphatic heterocycles. The SMILES string of the molecule is CC(CI)C1(OC(=O)OC2(C(C)CI)CCCCC2)CCCCC1. The van der Waals surface area contributed by atoms with Crippen molar-refractivity contribution < 1.29 is 14.3 Å². The molecule has 24 heavy (non-hydrogen) atoms. The number of rotatable bonds is 6. The summed E-state index contributed by atoms with van der Waals surface area (Å²) < 4.78 is 14.2. The van der Waals surface area contributed by atoms with Crippen molar-refractivity contribution >= 4 is 51.3 Å². The van der Waals surface area contributed by atoms with E-state index in [1.165, 1.54) is 12.8 Å². The maximum atomic E-state index is 12.8. The van der Waals surface area contributed by atoms with Crippen LogP contribution in [-0.2, 0) is 9.47 Å². The molecule has 2 aliphatic carbocycles. The molecule has 3 nitrogen and oxygen atoms in total. The van der Waals surface area contributed by atoms with Crippen LogP contribution in [0.2, 0.25) is 0 Å². The molecule has 0 spiro atoms. The molecular weight excluding hydrogens is 530 g/mol. The Balaban J connectivity index is 2.08. The van der Waals surface area contributed by atoms with E-state index in [4.69, 9.17) is 9.47 Å². The summed E-state index contributed by atoms with van der Waals surface area (Å²) in [5.74, 6) is 0.769.